The fraction of sp³-hybridized carbons (Fsp3) is 0.364. The van der Waals surface area contributed by atoms with Crippen LogP contribution in [0.3, 0.4) is 0 Å². The lowest BCUT2D eigenvalue weighted by molar-refractivity contribution is 0.0829. The highest BCUT2D eigenvalue weighted by Crippen LogP contribution is 2.40. The lowest BCUT2D eigenvalue weighted by Gasteiger charge is -2.21. The van der Waals surface area contributed by atoms with Crippen molar-refractivity contribution in [2.45, 2.75) is 19.4 Å². The monoisotopic (exact) mass is 217 g/mol. The molecule has 0 radical (unpaired) electrons. The van der Waals surface area contributed by atoms with Gasteiger partial charge in [0.2, 0.25) is 12.9 Å². The van der Waals surface area contributed by atoms with E-state index in [1.807, 2.05) is 0 Å². The van der Waals surface area contributed by atoms with Crippen LogP contribution in [-0.2, 0) is 4.74 Å². The lowest BCUT2D eigenvalue weighted by Crippen LogP contribution is -2.23. The topological polar surface area (TPSA) is 42.5 Å². The molecule has 0 amide bonds. The Kier molecular flexibility index (Phi) is 2.60. The van der Waals surface area contributed by atoms with Gasteiger partial charge in [-0.15, -0.1) is 0 Å². The fourth-order valence-electron chi connectivity index (χ4n) is 1.43. The molecule has 16 heavy (non-hydrogen) atoms. The third-order valence-corrected chi connectivity index (χ3v) is 2.26. The second-order valence-electron chi connectivity index (χ2n) is 3.57. The molecule has 5 heteroatoms. The summed E-state index contributed by atoms with van der Waals surface area (Å²) in [7, 11) is 0. The van der Waals surface area contributed by atoms with Gasteiger partial charge in [-0.05, 0) is 13.8 Å². The maximum Gasteiger partial charge on any atom is 0.550 e. The minimum atomic E-state index is -0.836. The Labute approximate surface area is 95.2 Å². The standard InChI is InChI=1S/C11H9N3O2/c1-11(2)7(6-15)8(12-3)9(16-11)10(13-4)14-5/h15H,6H2,1-2H3/i15T. The number of nitrogens with zero attached hydrogens (tertiary/aromatic N) is 3. The summed E-state index contributed by atoms with van der Waals surface area (Å²) in [6, 6.07) is 0. The summed E-state index contributed by atoms with van der Waals surface area (Å²) in [4.78, 5) is 9.34. The van der Waals surface area contributed by atoms with Crippen molar-refractivity contribution in [3.63, 3.8) is 0 Å². The number of aliphatic hydroxyl groups excluding tert-OH is 1. The summed E-state index contributed by atoms with van der Waals surface area (Å²) in [6.07, 6.45) is 0. The predicted molar refractivity (Wildman–Crippen MR) is 56.1 cm³/mol. The third-order valence-electron chi connectivity index (χ3n) is 2.26. The number of rotatable bonds is 2. The summed E-state index contributed by atoms with van der Waals surface area (Å²) in [5, 5.41) is 4.28. The first-order valence-corrected chi connectivity index (χ1v) is 4.39. The molecule has 1 aliphatic rings. The third kappa shape index (κ3) is 1.63. The van der Waals surface area contributed by atoms with Gasteiger partial charge in [-0.3, -0.25) is 0 Å². The van der Waals surface area contributed by atoms with Crippen molar-refractivity contribution >= 4 is 0 Å². The van der Waals surface area contributed by atoms with Crippen molar-refractivity contribution in [1.82, 2.24) is 0 Å². The molecule has 0 aromatic heterocycles. The van der Waals surface area contributed by atoms with Crippen LogP contribution < -0.4 is 0 Å². The Balaban J connectivity index is 3.46. The van der Waals surface area contributed by atoms with Crippen LogP contribution in [0.15, 0.2) is 22.9 Å². The first kappa shape index (κ1) is 10.2. The molecular formula is C11H9N3O2. The molecule has 0 aromatic rings. The van der Waals surface area contributed by atoms with Crippen molar-refractivity contribution in [3.05, 3.63) is 57.1 Å². The van der Waals surface area contributed by atoms with Gasteiger partial charge < -0.3 is 9.85 Å². The molecule has 0 atom stereocenters. The van der Waals surface area contributed by atoms with E-state index in [9.17, 15) is 0 Å². The maximum absolute atomic E-state index is 7.09. The molecule has 0 bridgehead atoms. The molecule has 1 heterocycles. The molecule has 1 N–H and O–H groups in total. The SMILES string of the molecule is [3H]OCC1=C([N+]#[C-])C(=C([N+]#[C-])[N+]#[C-])OC1(C)C. The summed E-state index contributed by atoms with van der Waals surface area (Å²) in [5.74, 6) is -0.286. The Morgan fingerprint density at radius 3 is 2.50 bits per heavy atom. The number of ether oxygens (including phenoxy) is 1. The molecule has 0 aromatic carbocycles. The normalized spacial score (nSPS) is 17.9. The van der Waals surface area contributed by atoms with E-state index in [-0.39, 0.29) is 23.9 Å². The zero-order chi connectivity index (χ0) is 13.1. The van der Waals surface area contributed by atoms with Gasteiger partial charge in [0.15, 0.2) is 0 Å². The van der Waals surface area contributed by atoms with Gasteiger partial charge in [0.05, 0.1) is 13.2 Å². The van der Waals surface area contributed by atoms with E-state index in [0.717, 1.165) is 0 Å². The first-order chi connectivity index (χ1) is 8.01. The average Bonchev–Trinajstić information content (AvgIpc) is 2.53. The smallest absolute Gasteiger partial charge is 0.499 e. The van der Waals surface area contributed by atoms with Crippen LogP contribution in [0.5, 0.6) is 0 Å². The second-order valence-corrected chi connectivity index (χ2v) is 3.57. The van der Waals surface area contributed by atoms with E-state index in [4.69, 9.17) is 25.9 Å². The first-order valence-electron chi connectivity index (χ1n) is 4.80. The van der Waals surface area contributed by atoms with Crippen LogP contribution in [-0.4, -0.2) is 18.7 Å². The van der Waals surface area contributed by atoms with Gasteiger partial charge >= 0.3 is 5.82 Å². The molecule has 0 unspecified atom stereocenters. The minimum Gasteiger partial charge on any atom is -0.499 e. The van der Waals surface area contributed by atoms with E-state index in [2.05, 4.69) is 19.6 Å². The zero-order valence-electron chi connectivity index (χ0n) is 9.87. The molecular weight excluding hydrogens is 206 g/mol. The van der Waals surface area contributed by atoms with Crippen molar-refractivity contribution in [1.29, 1.82) is 1.43 Å². The zero-order valence-corrected chi connectivity index (χ0v) is 8.87. The fourth-order valence-corrected chi connectivity index (χ4v) is 1.43. The molecule has 1 rings (SSSR count). The van der Waals surface area contributed by atoms with Gasteiger partial charge in [-0.1, -0.05) is 0 Å². The molecule has 0 saturated carbocycles. The van der Waals surface area contributed by atoms with Crippen molar-refractivity contribution in [2.24, 2.45) is 0 Å². The Morgan fingerprint density at radius 1 is 1.44 bits per heavy atom. The largest absolute Gasteiger partial charge is 0.550 e. The van der Waals surface area contributed by atoms with E-state index >= 15 is 0 Å². The van der Waals surface area contributed by atoms with Crippen LogP contribution in [0.2, 0.25) is 0 Å². The van der Waals surface area contributed by atoms with Gasteiger partial charge in [0.1, 0.15) is 18.7 Å². The highest BCUT2D eigenvalue weighted by molar-refractivity contribution is 5.49. The van der Waals surface area contributed by atoms with E-state index in [1.54, 1.807) is 13.8 Å². The Morgan fingerprint density at radius 2 is 2.06 bits per heavy atom. The van der Waals surface area contributed by atoms with Crippen LogP contribution in [0.4, 0.5) is 0 Å². The van der Waals surface area contributed by atoms with Crippen LogP contribution in [0.25, 0.3) is 14.5 Å². The van der Waals surface area contributed by atoms with Crippen molar-refractivity contribution in [2.75, 3.05) is 6.61 Å². The highest BCUT2D eigenvalue weighted by Gasteiger charge is 2.41. The van der Waals surface area contributed by atoms with Gasteiger partial charge in [0.25, 0.3) is 0 Å². The molecule has 0 saturated heterocycles. The highest BCUT2D eigenvalue weighted by atomic mass is 16.5. The maximum atomic E-state index is 7.09. The Hall–Kier alpha value is -2.29. The van der Waals surface area contributed by atoms with E-state index in [1.165, 1.54) is 0 Å². The Bertz CT molecular complexity index is 510. The van der Waals surface area contributed by atoms with Gasteiger partial charge in [-0.25, -0.2) is 4.85 Å². The summed E-state index contributed by atoms with van der Waals surface area (Å²) in [5.41, 5.74) is -0.261. The number of hydrogen-bond donors (Lipinski definition) is 1. The quantitative estimate of drug-likeness (QED) is 0.718. The molecule has 0 spiro atoms. The molecule has 5 nitrogen and oxygen atoms in total. The summed E-state index contributed by atoms with van der Waals surface area (Å²) < 4.78 is 12.2. The molecule has 0 aliphatic carbocycles. The van der Waals surface area contributed by atoms with Crippen LogP contribution in [0, 0.1) is 19.7 Å². The molecule has 0 fully saturated rings. The van der Waals surface area contributed by atoms with Gasteiger partial charge in [0, 0.05) is 5.57 Å². The molecule has 80 valence electrons. The van der Waals surface area contributed by atoms with Crippen molar-refractivity contribution in [3.8, 4) is 0 Å². The second kappa shape index (κ2) is 4.06. The number of hydrogen-bond acceptors (Lipinski definition) is 2. The van der Waals surface area contributed by atoms with Crippen LogP contribution >= 0.6 is 0 Å². The summed E-state index contributed by atoms with van der Waals surface area (Å²) in [6.45, 7) is 24.1. The number of aliphatic hydroxyl groups is 1. The minimum absolute atomic E-state index is 0.0120. The van der Waals surface area contributed by atoms with Gasteiger partial charge in [-0.2, -0.15) is 9.69 Å². The average molecular weight is 217 g/mol. The lowest BCUT2D eigenvalue weighted by atomic mass is 9.99. The van der Waals surface area contributed by atoms with E-state index in [0.29, 0.717) is 5.57 Å². The van der Waals surface area contributed by atoms with Crippen LogP contribution in [0.1, 0.15) is 13.8 Å². The molecule has 1 aliphatic heterocycles. The summed E-state index contributed by atoms with van der Waals surface area (Å²) >= 11 is 0. The van der Waals surface area contributed by atoms with Crippen molar-refractivity contribution < 1.29 is 9.85 Å². The predicted octanol–water partition coefficient (Wildman–Crippen LogP) is 1.97. The van der Waals surface area contributed by atoms with E-state index < -0.39 is 5.60 Å².